The average molecular weight is 354 g/mol. The molecule has 0 aliphatic rings. The Bertz CT molecular complexity index is 806. The highest BCUT2D eigenvalue weighted by molar-refractivity contribution is 6.01. The van der Waals surface area contributed by atoms with Crippen molar-refractivity contribution in [2.24, 2.45) is 0 Å². The van der Waals surface area contributed by atoms with Crippen LogP contribution in [0.15, 0.2) is 48.5 Å². The van der Waals surface area contributed by atoms with Gasteiger partial charge in [0.05, 0.1) is 14.2 Å². The molecule has 2 aromatic rings. The van der Waals surface area contributed by atoms with Crippen molar-refractivity contribution < 1.29 is 23.8 Å². The van der Waals surface area contributed by atoms with E-state index in [4.69, 9.17) is 14.2 Å². The van der Waals surface area contributed by atoms with Gasteiger partial charge in [-0.1, -0.05) is 42.0 Å². The smallest absolute Gasteiger partial charge is 0.331 e. The van der Waals surface area contributed by atoms with E-state index in [1.807, 2.05) is 19.1 Å². The highest BCUT2D eigenvalue weighted by Crippen LogP contribution is 2.31. The van der Waals surface area contributed by atoms with Crippen molar-refractivity contribution in [1.29, 1.82) is 0 Å². The normalized spacial score (nSPS) is 11.8. The molecule has 2 rings (SSSR count). The van der Waals surface area contributed by atoms with Crippen LogP contribution in [0.1, 0.15) is 28.4 Å². The van der Waals surface area contributed by atoms with E-state index in [9.17, 15) is 9.59 Å². The number of hydrogen-bond acceptors (Lipinski definition) is 5. The van der Waals surface area contributed by atoms with E-state index in [1.54, 1.807) is 43.3 Å². The average Bonchev–Trinajstić information content (AvgIpc) is 2.65. The van der Waals surface area contributed by atoms with Crippen molar-refractivity contribution in [3.63, 3.8) is 0 Å². The molecule has 0 amide bonds. The first-order chi connectivity index (χ1) is 12.5. The van der Waals surface area contributed by atoms with Crippen LogP contribution in [0.2, 0.25) is 0 Å². The highest BCUT2D eigenvalue weighted by atomic mass is 16.5. The van der Waals surface area contributed by atoms with Gasteiger partial charge in [-0.05, 0) is 26.0 Å². The first-order valence-electron chi connectivity index (χ1n) is 8.16. The predicted molar refractivity (Wildman–Crippen MR) is 99.6 cm³/mol. The van der Waals surface area contributed by atoms with E-state index in [0.717, 1.165) is 5.56 Å². The van der Waals surface area contributed by atoms with Crippen LogP contribution >= 0.6 is 0 Å². The monoisotopic (exact) mass is 354 g/mol. The standard InChI is InChI=1S/C21H22O5/c1-14-8-10-16(11-9-14)20(23)15(2)26-19(22)13-12-17-6-5-7-18(24-3)21(17)25-4/h5-13,15H,1-4H3/b13-12+/t15-/m0/s1. The molecule has 0 radical (unpaired) electrons. The molecule has 5 heteroatoms. The molecule has 2 aromatic carbocycles. The number of para-hydroxylation sites is 1. The summed E-state index contributed by atoms with van der Waals surface area (Å²) in [5.41, 5.74) is 2.23. The van der Waals surface area contributed by atoms with Gasteiger partial charge in [-0.2, -0.15) is 0 Å². The van der Waals surface area contributed by atoms with E-state index in [2.05, 4.69) is 0 Å². The van der Waals surface area contributed by atoms with Crippen LogP contribution in [0, 0.1) is 6.92 Å². The minimum absolute atomic E-state index is 0.245. The Morgan fingerprint density at radius 1 is 1.00 bits per heavy atom. The van der Waals surface area contributed by atoms with Crippen molar-refractivity contribution in [2.45, 2.75) is 20.0 Å². The predicted octanol–water partition coefficient (Wildman–Crippen LogP) is 3.84. The fourth-order valence-electron chi connectivity index (χ4n) is 2.42. The summed E-state index contributed by atoms with van der Waals surface area (Å²) in [7, 11) is 3.06. The molecule has 0 saturated carbocycles. The number of hydrogen-bond donors (Lipinski definition) is 0. The zero-order chi connectivity index (χ0) is 19.1. The number of carbonyl (C=O) groups is 2. The maximum Gasteiger partial charge on any atom is 0.331 e. The molecule has 26 heavy (non-hydrogen) atoms. The van der Waals surface area contributed by atoms with Gasteiger partial charge >= 0.3 is 5.97 Å². The lowest BCUT2D eigenvalue weighted by Gasteiger charge is -2.11. The molecule has 0 unspecified atom stereocenters. The zero-order valence-corrected chi connectivity index (χ0v) is 15.3. The van der Waals surface area contributed by atoms with Gasteiger partial charge in [0.2, 0.25) is 5.78 Å². The quantitative estimate of drug-likeness (QED) is 0.429. The summed E-state index contributed by atoms with van der Waals surface area (Å²) in [4.78, 5) is 24.3. The molecule has 0 spiro atoms. The Kier molecular flexibility index (Phi) is 6.55. The van der Waals surface area contributed by atoms with Gasteiger partial charge in [0.25, 0.3) is 0 Å². The Labute approximate surface area is 153 Å². The minimum Gasteiger partial charge on any atom is -0.493 e. The summed E-state index contributed by atoms with van der Waals surface area (Å²) in [6, 6.07) is 12.5. The third-order valence-electron chi connectivity index (χ3n) is 3.83. The van der Waals surface area contributed by atoms with Crippen LogP contribution in [0.3, 0.4) is 0 Å². The molecular weight excluding hydrogens is 332 g/mol. The van der Waals surface area contributed by atoms with E-state index < -0.39 is 12.1 Å². The summed E-state index contributed by atoms with van der Waals surface area (Å²) >= 11 is 0. The minimum atomic E-state index is -0.873. The second-order valence-electron chi connectivity index (χ2n) is 5.73. The first kappa shape index (κ1) is 19.2. The van der Waals surface area contributed by atoms with Crippen molar-refractivity contribution in [2.75, 3.05) is 14.2 Å². The Hall–Kier alpha value is -3.08. The van der Waals surface area contributed by atoms with E-state index in [1.165, 1.54) is 20.3 Å². The van der Waals surface area contributed by atoms with Gasteiger partial charge in [0, 0.05) is 17.2 Å². The number of aryl methyl sites for hydroxylation is 1. The fraction of sp³-hybridized carbons (Fsp3) is 0.238. The molecule has 5 nitrogen and oxygen atoms in total. The lowest BCUT2D eigenvalue weighted by Crippen LogP contribution is -2.23. The summed E-state index contributed by atoms with van der Waals surface area (Å²) in [5.74, 6) is 0.224. The number of carbonyl (C=O) groups excluding carboxylic acids is 2. The van der Waals surface area contributed by atoms with Crippen molar-refractivity contribution >= 4 is 17.8 Å². The maximum absolute atomic E-state index is 12.3. The largest absolute Gasteiger partial charge is 0.493 e. The highest BCUT2D eigenvalue weighted by Gasteiger charge is 2.18. The van der Waals surface area contributed by atoms with E-state index in [0.29, 0.717) is 22.6 Å². The van der Waals surface area contributed by atoms with Crippen LogP contribution in [0.4, 0.5) is 0 Å². The summed E-state index contributed by atoms with van der Waals surface area (Å²) in [5, 5.41) is 0. The van der Waals surface area contributed by atoms with Gasteiger partial charge in [0.15, 0.2) is 17.6 Å². The molecule has 1 atom stereocenters. The molecule has 0 aliphatic heterocycles. The number of Topliss-reactive ketones (excluding diaryl/α,β-unsaturated/α-hetero) is 1. The second-order valence-corrected chi connectivity index (χ2v) is 5.73. The lowest BCUT2D eigenvalue weighted by molar-refractivity contribution is -0.140. The van der Waals surface area contributed by atoms with Crippen molar-refractivity contribution in [3.8, 4) is 11.5 Å². The van der Waals surface area contributed by atoms with Gasteiger partial charge in [-0.15, -0.1) is 0 Å². The maximum atomic E-state index is 12.3. The van der Waals surface area contributed by atoms with Crippen molar-refractivity contribution in [3.05, 3.63) is 65.2 Å². The van der Waals surface area contributed by atoms with Gasteiger partial charge in [-0.25, -0.2) is 4.79 Å². The number of ketones is 1. The number of rotatable bonds is 7. The van der Waals surface area contributed by atoms with E-state index >= 15 is 0 Å². The third kappa shape index (κ3) is 4.72. The van der Waals surface area contributed by atoms with Crippen LogP contribution in [-0.4, -0.2) is 32.1 Å². The van der Waals surface area contributed by atoms with Gasteiger partial charge in [0.1, 0.15) is 0 Å². The Morgan fingerprint density at radius 3 is 2.31 bits per heavy atom. The molecule has 0 heterocycles. The Morgan fingerprint density at radius 2 is 1.69 bits per heavy atom. The number of methoxy groups -OCH3 is 2. The molecule has 0 saturated heterocycles. The third-order valence-corrected chi connectivity index (χ3v) is 3.83. The van der Waals surface area contributed by atoms with Crippen LogP contribution in [0.25, 0.3) is 6.08 Å². The SMILES string of the molecule is COc1cccc(/C=C/C(=O)O[C@@H](C)C(=O)c2ccc(C)cc2)c1OC. The molecule has 0 N–H and O–H groups in total. The molecule has 0 fully saturated rings. The summed E-state index contributed by atoms with van der Waals surface area (Å²) in [6.45, 7) is 3.50. The molecule has 0 aromatic heterocycles. The summed E-state index contributed by atoms with van der Waals surface area (Å²) < 4.78 is 15.7. The fourth-order valence-corrected chi connectivity index (χ4v) is 2.42. The van der Waals surface area contributed by atoms with Crippen LogP contribution in [0.5, 0.6) is 11.5 Å². The van der Waals surface area contributed by atoms with Gasteiger partial charge in [-0.3, -0.25) is 4.79 Å². The summed E-state index contributed by atoms with van der Waals surface area (Å²) in [6.07, 6.45) is 1.95. The molecule has 0 aliphatic carbocycles. The first-order valence-corrected chi connectivity index (χ1v) is 8.16. The van der Waals surface area contributed by atoms with Gasteiger partial charge < -0.3 is 14.2 Å². The van der Waals surface area contributed by atoms with E-state index in [-0.39, 0.29) is 5.78 Å². The lowest BCUT2D eigenvalue weighted by atomic mass is 10.1. The molecule has 0 bridgehead atoms. The number of ether oxygens (including phenoxy) is 3. The number of benzene rings is 2. The topological polar surface area (TPSA) is 61.8 Å². The number of esters is 1. The Balaban J connectivity index is 2.05. The second kappa shape index (κ2) is 8.85. The van der Waals surface area contributed by atoms with Crippen LogP contribution in [-0.2, 0) is 9.53 Å². The van der Waals surface area contributed by atoms with Crippen LogP contribution < -0.4 is 9.47 Å². The molecular formula is C21H22O5. The molecule has 136 valence electrons. The van der Waals surface area contributed by atoms with Crippen molar-refractivity contribution in [1.82, 2.24) is 0 Å². The zero-order valence-electron chi connectivity index (χ0n) is 15.3.